The van der Waals surface area contributed by atoms with E-state index in [1.165, 1.54) is 0 Å². The molecule has 2 aliphatic heterocycles. The highest BCUT2D eigenvalue weighted by Gasteiger charge is 2.34. The van der Waals surface area contributed by atoms with E-state index in [1.807, 2.05) is 24.4 Å². The molecular formula is C20H28N4O3. The molecule has 2 aromatic heterocycles. The molecule has 7 nitrogen and oxygen atoms in total. The molecule has 27 heavy (non-hydrogen) atoms. The number of hydrogen-bond acceptors (Lipinski definition) is 7. The zero-order valence-electron chi connectivity index (χ0n) is 15.6. The van der Waals surface area contributed by atoms with Crippen LogP contribution in [-0.4, -0.2) is 76.4 Å². The van der Waals surface area contributed by atoms with Gasteiger partial charge in [0.1, 0.15) is 23.9 Å². The van der Waals surface area contributed by atoms with Gasteiger partial charge >= 0.3 is 0 Å². The molecule has 146 valence electrons. The van der Waals surface area contributed by atoms with E-state index in [4.69, 9.17) is 9.52 Å². The van der Waals surface area contributed by atoms with Gasteiger partial charge in [-0.05, 0) is 30.7 Å². The number of β-amino-alcohol motifs (C(OH)–C–C–N with tert-alkyl or cyclic N) is 1. The maximum Gasteiger partial charge on any atom is 0.129 e. The number of aromatic nitrogens is 1. The lowest BCUT2D eigenvalue weighted by atomic mass is 9.99. The Morgan fingerprint density at radius 2 is 1.85 bits per heavy atom. The topological polar surface area (TPSA) is 76.2 Å². The van der Waals surface area contributed by atoms with Crippen LogP contribution in [0.5, 0.6) is 0 Å². The first kappa shape index (κ1) is 18.4. The molecule has 4 rings (SSSR count). The number of nitrogens with zero attached hydrogens (tertiary/aromatic N) is 4. The van der Waals surface area contributed by atoms with E-state index in [9.17, 15) is 5.11 Å². The smallest absolute Gasteiger partial charge is 0.129 e. The summed E-state index contributed by atoms with van der Waals surface area (Å²) in [5, 5.41) is 19.8. The molecule has 0 spiro atoms. The Hall–Kier alpha value is -1.93. The van der Waals surface area contributed by atoms with E-state index in [2.05, 4.69) is 25.8 Å². The van der Waals surface area contributed by atoms with Crippen molar-refractivity contribution in [2.75, 3.05) is 44.2 Å². The number of likely N-dealkylation sites (tertiary alicyclic amines) is 1. The highest BCUT2D eigenvalue weighted by atomic mass is 16.4. The van der Waals surface area contributed by atoms with Crippen molar-refractivity contribution in [2.45, 2.75) is 31.7 Å². The molecule has 2 aliphatic rings. The maximum atomic E-state index is 10.7. The summed E-state index contributed by atoms with van der Waals surface area (Å²) in [5.41, 5.74) is 0. The third-order valence-electron chi connectivity index (χ3n) is 5.64. The average molecular weight is 372 g/mol. The lowest BCUT2D eigenvalue weighted by molar-refractivity contribution is -0.0188. The highest BCUT2D eigenvalue weighted by Crippen LogP contribution is 2.22. The van der Waals surface area contributed by atoms with Crippen molar-refractivity contribution in [2.24, 2.45) is 0 Å². The summed E-state index contributed by atoms with van der Waals surface area (Å²) in [6.45, 7) is 6.00. The predicted octanol–water partition coefficient (Wildman–Crippen LogP) is 0.924. The average Bonchev–Trinajstić information content (AvgIpc) is 3.17. The van der Waals surface area contributed by atoms with Crippen LogP contribution in [0, 0.1) is 0 Å². The lowest BCUT2D eigenvalue weighted by Gasteiger charge is -2.45. The Morgan fingerprint density at radius 3 is 2.52 bits per heavy atom. The van der Waals surface area contributed by atoms with E-state index < -0.39 is 0 Å². The van der Waals surface area contributed by atoms with Crippen LogP contribution in [0.2, 0.25) is 0 Å². The second-order valence-corrected chi connectivity index (χ2v) is 7.40. The quantitative estimate of drug-likeness (QED) is 0.808. The first-order valence-corrected chi connectivity index (χ1v) is 9.72. The van der Waals surface area contributed by atoms with Crippen LogP contribution in [0.15, 0.2) is 40.9 Å². The summed E-state index contributed by atoms with van der Waals surface area (Å²) in [7, 11) is 0. The SMILES string of the molecule is OCc1ccc(CN2CC[C@@H](N3CCN(c4ccccn4)CC3)[C@H](O)C2)o1. The molecule has 2 atom stereocenters. The predicted molar refractivity (Wildman–Crippen MR) is 102 cm³/mol. The normalized spacial score (nSPS) is 25.0. The van der Waals surface area contributed by atoms with Crippen LogP contribution in [0.25, 0.3) is 0 Å². The minimum Gasteiger partial charge on any atom is -0.462 e. The first-order valence-electron chi connectivity index (χ1n) is 9.72. The van der Waals surface area contributed by atoms with Gasteiger partial charge in [-0.1, -0.05) is 6.07 Å². The number of pyridine rings is 1. The molecule has 0 unspecified atom stereocenters. The number of furan rings is 1. The number of piperidine rings is 1. The van der Waals surface area contributed by atoms with Crippen molar-refractivity contribution in [1.29, 1.82) is 0 Å². The summed E-state index contributed by atoms with van der Waals surface area (Å²) in [6, 6.07) is 9.95. The van der Waals surface area contributed by atoms with Gasteiger partial charge in [0.05, 0.1) is 12.6 Å². The lowest BCUT2D eigenvalue weighted by Crippen LogP contribution is -2.58. The molecule has 2 N–H and O–H groups in total. The van der Waals surface area contributed by atoms with E-state index in [1.54, 1.807) is 6.07 Å². The van der Waals surface area contributed by atoms with E-state index in [0.717, 1.165) is 50.7 Å². The summed E-state index contributed by atoms with van der Waals surface area (Å²) in [6.07, 6.45) is 2.44. The van der Waals surface area contributed by atoms with Crippen molar-refractivity contribution in [1.82, 2.24) is 14.8 Å². The largest absolute Gasteiger partial charge is 0.462 e. The fourth-order valence-corrected chi connectivity index (χ4v) is 4.19. The Morgan fingerprint density at radius 1 is 1.04 bits per heavy atom. The van der Waals surface area contributed by atoms with Crippen molar-refractivity contribution < 1.29 is 14.6 Å². The molecule has 0 bridgehead atoms. The molecule has 0 radical (unpaired) electrons. The Bertz CT molecular complexity index is 715. The first-order chi connectivity index (χ1) is 13.2. The Kier molecular flexibility index (Phi) is 5.73. The number of rotatable bonds is 5. The molecule has 2 aromatic rings. The van der Waals surface area contributed by atoms with Gasteiger partial charge < -0.3 is 19.5 Å². The molecule has 0 aromatic carbocycles. The number of piperazine rings is 1. The highest BCUT2D eigenvalue weighted by molar-refractivity contribution is 5.38. The van der Waals surface area contributed by atoms with Crippen molar-refractivity contribution in [3.63, 3.8) is 0 Å². The van der Waals surface area contributed by atoms with Crippen LogP contribution in [0.3, 0.4) is 0 Å². The van der Waals surface area contributed by atoms with Crippen LogP contribution < -0.4 is 4.90 Å². The Labute approximate surface area is 159 Å². The monoisotopic (exact) mass is 372 g/mol. The summed E-state index contributed by atoms with van der Waals surface area (Å²) in [5.74, 6) is 2.47. The second-order valence-electron chi connectivity index (χ2n) is 7.40. The summed E-state index contributed by atoms with van der Waals surface area (Å²) in [4.78, 5) is 11.4. The van der Waals surface area contributed by atoms with Crippen molar-refractivity contribution in [3.05, 3.63) is 48.0 Å². The number of aliphatic hydroxyl groups is 2. The van der Waals surface area contributed by atoms with Crippen LogP contribution in [0.4, 0.5) is 5.82 Å². The van der Waals surface area contributed by atoms with Crippen LogP contribution >= 0.6 is 0 Å². The zero-order valence-corrected chi connectivity index (χ0v) is 15.6. The number of anilines is 1. The minimum atomic E-state index is -0.354. The van der Waals surface area contributed by atoms with Gasteiger partial charge in [-0.15, -0.1) is 0 Å². The van der Waals surface area contributed by atoms with Crippen LogP contribution in [0.1, 0.15) is 17.9 Å². The zero-order chi connectivity index (χ0) is 18.6. The molecule has 7 heteroatoms. The maximum absolute atomic E-state index is 10.7. The van der Waals surface area contributed by atoms with Gasteiger partial charge in [0.15, 0.2) is 0 Å². The fourth-order valence-electron chi connectivity index (χ4n) is 4.19. The van der Waals surface area contributed by atoms with E-state index in [-0.39, 0.29) is 18.8 Å². The molecule has 4 heterocycles. The van der Waals surface area contributed by atoms with Gasteiger partial charge in [0, 0.05) is 51.5 Å². The van der Waals surface area contributed by atoms with Crippen LogP contribution in [-0.2, 0) is 13.2 Å². The number of aliphatic hydroxyl groups excluding tert-OH is 2. The fraction of sp³-hybridized carbons (Fsp3) is 0.550. The molecular weight excluding hydrogens is 344 g/mol. The van der Waals surface area contributed by atoms with Crippen molar-refractivity contribution in [3.8, 4) is 0 Å². The third kappa shape index (κ3) is 4.32. The third-order valence-corrected chi connectivity index (χ3v) is 5.64. The molecule has 2 fully saturated rings. The van der Waals surface area contributed by atoms with Gasteiger partial charge in [0.25, 0.3) is 0 Å². The van der Waals surface area contributed by atoms with Gasteiger partial charge in [-0.3, -0.25) is 9.80 Å². The van der Waals surface area contributed by atoms with E-state index in [0.29, 0.717) is 18.8 Å². The molecule has 0 aliphatic carbocycles. The molecule has 2 saturated heterocycles. The van der Waals surface area contributed by atoms with Crippen molar-refractivity contribution >= 4 is 5.82 Å². The molecule has 0 saturated carbocycles. The van der Waals surface area contributed by atoms with Gasteiger partial charge in [-0.2, -0.15) is 0 Å². The van der Waals surface area contributed by atoms with E-state index >= 15 is 0 Å². The molecule has 0 amide bonds. The van der Waals surface area contributed by atoms with Gasteiger partial charge in [0.2, 0.25) is 0 Å². The summed E-state index contributed by atoms with van der Waals surface area (Å²) >= 11 is 0. The second kappa shape index (κ2) is 8.39. The standard InChI is InChI=1S/C20H28N4O3/c25-15-17-5-4-16(27-17)13-22-8-6-18(19(26)14-22)23-9-11-24(12-10-23)20-3-1-2-7-21-20/h1-5,7,18-19,25-26H,6,8-15H2/t18-,19-/m1/s1. The summed E-state index contributed by atoms with van der Waals surface area (Å²) < 4.78 is 5.57. The number of hydrogen-bond donors (Lipinski definition) is 2. The Balaban J connectivity index is 1.27. The minimum absolute atomic E-state index is 0.0742. The van der Waals surface area contributed by atoms with Gasteiger partial charge in [-0.25, -0.2) is 4.98 Å².